The molecular formula is C11H15F6N. The summed E-state index contributed by atoms with van der Waals surface area (Å²) in [7, 11) is 0. The first-order valence-electron chi connectivity index (χ1n) is 5.74. The Morgan fingerprint density at radius 2 is 1.33 bits per heavy atom. The van der Waals surface area contributed by atoms with Gasteiger partial charge in [-0.25, -0.2) is 4.39 Å². The molecular weight excluding hydrogens is 260 g/mol. The highest BCUT2D eigenvalue weighted by atomic mass is 19.4. The van der Waals surface area contributed by atoms with Crippen molar-refractivity contribution in [1.82, 2.24) is 4.90 Å². The van der Waals surface area contributed by atoms with E-state index < -0.39 is 23.6 Å². The monoisotopic (exact) mass is 275 g/mol. The van der Waals surface area contributed by atoms with Gasteiger partial charge in [0.05, 0.1) is 0 Å². The molecule has 0 atom stereocenters. The fourth-order valence-electron chi connectivity index (χ4n) is 2.06. The Bertz CT molecular complexity index is 308. The fraction of sp³-hybridized carbons (Fsp3) is 0.818. The van der Waals surface area contributed by atoms with Crippen LogP contribution in [0.5, 0.6) is 0 Å². The molecule has 1 aliphatic heterocycles. The van der Waals surface area contributed by atoms with Crippen LogP contribution in [-0.2, 0) is 0 Å². The summed E-state index contributed by atoms with van der Waals surface area (Å²) in [6, 6.07) is 0. The molecule has 1 saturated heterocycles. The van der Waals surface area contributed by atoms with Crippen LogP contribution in [-0.4, -0.2) is 30.1 Å². The zero-order valence-electron chi connectivity index (χ0n) is 9.96. The van der Waals surface area contributed by atoms with E-state index in [-0.39, 0.29) is 13.1 Å². The molecule has 0 aromatic rings. The van der Waals surface area contributed by atoms with E-state index in [2.05, 4.69) is 0 Å². The van der Waals surface area contributed by atoms with Gasteiger partial charge >= 0.3 is 12.1 Å². The van der Waals surface area contributed by atoms with Crippen LogP contribution in [0.15, 0.2) is 11.5 Å². The van der Waals surface area contributed by atoms with E-state index in [1.807, 2.05) is 0 Å². The van der Waals surface area contributed by atoms with E-state index in [1.165, 1.54) is 0 Å². The Balaban J connectivity index is 3.07. The number of likely N-dealkylation sites (tertiary alicyclic amines) is 1. The second kappa shape index (κ2) is 5.40. The molecule has 106 valence electrons. The van der Waals surface area contributed by atoms with E-state index in [4.69, 9.17) is 0 Å². The number of hydrogen-bond acceptors (Lipinski definition) is 1. The summed E-state index contributed by atoms with van der Waals surface area (Å²) >= 11 is 0. The molecule has 1 rings (SSSR count). The van der Waals surface area contributed by atoms with Crippen molar-refractivity contribution in [3.05, 3.63) is 11.5 Å². The maximum absolute atomic E-state index is 13.3. The second-order valence-electron chi connectivity index (χ2n) is 4.36. The number of nitrogens with zero attached hydrogens (tertiary/aromatic N) is 1. The molecule has 0 unspecified atom stereocenters. The molecule has 7 heteroatoms. The van der Waals surface area contributed by atoms with Gasteiger partial charge in [0.15, 0.2) is 0 Å². The quantitative estimate of drug-likeness (QED) is 0.680. The molecule has 0 aromatic heterocycles. The predicted octanol–water partition coefficient (Wildman–Crippen LogP) is 4.26. The lowest BCUT2D eigenvalue weighted by molar-refractivity contribution is -0.271. The van der Waals surface area contributed by atoms with Crippen molar-refractivity contribution in [2.24, 2.45) is 0 Å². The molecule has 1 fully saturated rings. The van der Waals surface area contributed by atoms with Gasteiger partial charge in [0.2, 0.25) is 0 Å². The van der Waals surface area contributed by atoms with Crippen molar-refractivity contribution < 1.29 is 26.3 Å². The third-order valence-electron chi connectivity index (χ3n) is 2.90. The van der Waals surface area contributed by atoms with Crippen LogP contribution in [0.3, 0.4) is 0 Å². The van der Waals surface area contributed by atoms with Gasteiger partial charge in [-0.2, -0.15) is 22.0 Å². The lowest BCUT2D eigenvalue weighted by atomic mass is 10.1. The molecule has 0 spiro atoms. The summed E-state index contributed by atoms with van der Waals surface area (Å²) in [5.41, 5.74) is -1.53. The molecule has 0 aliphatic carbocycles. The van der Waals surface area contributed by atoms with Gasteiger partial charge in [-0.1, -0.05) is 12.8 Å². The number of hydrogen-bond donors (Lipinski definition) is 0. The Hall–Kier alpha value is -0.880. The first-order chi connectivity index (χ1) is 8.18. The SMILES string of the molecule is CC(F)=C(N1CCCCCC1)C(F)(F)C(F)(F)F. The van der Waals surface area contributed by atoms with Crippen LogP contribution >= 0.6 is 0 Å². The van der Waals surface area contributed by atoms with Gasteiger partial charge in [-0.15, -0.1) is 0 Å². The summed E-state index contributed by atoms with van der Waals surface area (Å²) in [4.78, 5) is 0.829. The highest BCUT2D eigenvalue weighted by molar-refractivity contribution is 5.18. The van der Waals surface area contributed by atoms with E-state index in [1.54, 1.807) is 0 Å². The summed E-state index contributed by atoms with van der Waals surface area (Å²) in [5, 5.41) is 0. The molecule has 1 heterocycles. The Morgan fingerprint density at radius 1 is 0.889 bits per heavy atom. The van der Waals surface area contributed by atoms with Crippen molar-refractivity contribution in [2.45, 2.75) is 44.7 Å². The van der Waals surface area contributed by atoms with Gasteiger partial charge in [-0.05, 0) is 19.8 Å². The van der Waals surface area contributed by atoms with E-state index in [0.29, 0.717) is 19.8 Å². The van der Waals surface area contributed by atoms with Crippen LogP contribution < -0.4 is 0 Å². The van der Waals surface area contributed by atoms with Gasteiger partial charge in [0, 0.05) is 13.1 Å². The van der Waals surface area contributed by atoms with Crippen LogP contribution in [0.1, 0.15) is 32.6 Å². The van der Waals surface area contributed by atoms with Gasteiger partial charge in [0.1, 0.15) is 11.5 Å². The second-order valence-corrected chi connectivity index (χ2v) is 4.36. The van der Waals surface area contributed by atoms with Gasteiger partial charge < -0.3 is 4.90 Å². The van der Waals surface area contributed by atoms with Crippen LogP contribution in [0, 0.1) is 0 Å². The van der Waals surface area contributed by atoms with Crippen molar-refractivity contribution in [3.8, 4) is 0 Å². The zero-order chi connectivity index (χ0) is 14.0. The van der Waals surface area contributed by atoms with Crippen molar-refractivity contribution in [2.75, 3.05) is 13.1 Å². The molecule has 0 radical (unpaired) electrons. The average molecular weight is 275 g/mol. The molecule has 1 nitrogen and oxygen atoms in total. The highest BCUT2D eigenvalue weighted by Gasteiger charge is 2.62. The first-order valence-corrected chi connectivity index (χ1v) is 5.74. The molecule has 0 N–H and O–H groups in total. The molecule has 1 aliphatic rings. The average Bonchev–Trinajstić information content (AvgIpc) is 2.43. The summed E-state index contributed by atoms with van der Waals surface area (Å²) in [6.45, 7) is 0.699. The smallest absolute Gasteiger partial charge is 0.368 e. The Kier molecular flexibility index (Phi) is 4.55. The van der Waals surface area contributed by atoms with Crippen LogP contribution in [0.2, 0.25) is 0 Å². The van der Waals surface area contributed by atoms with Gasteiger partial charge in [0.25, 0.3) is 0 Å². The van der Waals surface area contributed by atoms with E-state index in [0.717, 1.165) is 17.7 Å². The van der Waals surface area contributed by atoms with Crippen LogP contribution in [0.25, 0.3) is 0 Å². The van der Waals surface area contributed by atoms with Crippen molar-refractivity contribution >= 4 is 0 Å². The largest absolute Gasteiger partial charge is 0.459 e. The molecule has 0 aromatic carbocycles. The summed E-state index contributed by atoms with van der Waals surface area (Å²) < 4.78 is 76.7. The molecule has 0 amide bonds. The number of alkyl halides is 5. The number of rotatable bonds is 2. The third-order valence-corrected chi connectivity index (χ3v) is 2.90. The van der Waals surface area contributed by atoms with E-state index >= 15 is 0 Å². The maximum atomic E-state index is 13.3. The zero-order valence-corrected chi connectivity index (χ0v) is 9.96. The minimum absolute atomic E-state index is 0.0300. The van der Waals surface area contributed by atoms with Crippen LogP contribution in [0.4, 0.5) is 26.3 Å². The highest BCUT2D eigenvalue weighted by Crippen LogP contribution is 2.44. The minimum Gasteiger partial charge on any atom is -0.368 e. The number of halogens is 6. The predicted molar refractivity (Wildman–Crippen MR) is 54.9 cm³/mol. The van der Waals surface area contributed by atoms with E-state index in [9.17, 15) is 26.3 Å². The first kappa shape index (κ1) is 15.2. The maximum Gasteiger partial charge on any atom is 0.459 e. The topological polar surface area (TPSA) is 3.24 Å². The van der Waals surface area contributed by atoms with Gasteiger partial charge in [-0.3, -0.25) is 0 Å². The van der Waals surface area contributed by atoms with Crippen molar-refractivity contribution in [3.63, 3.8) is 0 Å². The summed E-state index contributed by atoms with van der Waals surface area (Å²) in [6.07, 6.45) is -3.28. The molecule has 0 bridgehead atoms. The Morgan fingerprint density at radius 3 is 1.67 bits per heavy atom. The lowest BCUT2D eigenvalue weighted by Gasteiger charge is -2.32. The molecule has 18 heavy (non-hydrogen) atoms. The minimum atomic E-state index is -5.78. The Labute approximate surface area is 101 Å². The fourth-order valence-corrected chi connectivity index (χ4v) is 2.06. The standard InChI is InChI=1S/C11H15F6N/c1-8(12)9(10(13,14)11(15,16)17)18-6-4-2-3-5-7-18/h2-7H2,1H3. The summed E-state index contributed by atoms with van der Waals surface area (Å²) in [5.74, 6) is -6.62. The molecule has 0 saturated carbocycles. The number of allylic oxidation sites excluding steroid dienone is 2. The normalized spacial score (nSPS) is 20.5. The third kappa shape index (κ3) is 3.11. The van der Waals surface area contributed by atoms with Crippen molar-refractivity contribution in [1.29, 1.82) is 0 Å². The lowest BCUT2D eigenvalue weighted by Crippen LogP contribution is -2.45.